The average molecular weight is 297 g/mol. The predicted molar refractivity (Wildman–Crippen MR) is 83.5 cm³/mol. The molecule has 2 heterocycles. The lowest BCUT2D eigenvalue weighted by Crippen LogP contribution is -2.40. The van der Waals surface area contributed by atoms with E-state index in [4.69, 9.17) is 0 Å². The van der Waals surface area contributed by atoms with Crippen LogP contribution in [0.2, 0.25) is 0 Å². The van der Waals surface area contributed by atoms with Crippen molar-refractivity contribution in [2.45, 2.75) is 32.1 Å². The summed E-state index contributed by atoms with van der Waals surface area (Å²) in [5, 5.41) is 8.96. The van der Waals surface area contributed by atoms with Crippen LogP contribution in [-0.2, 0) is 16.0 Å². The molecule has 0 bridgehead atoms. The minimum Gasteiger partial charge on any atom is -0.326 e. The molecule has 1 aliphatic carbocycles. The molecule has 2 aliphatic heterocycles. The number of nitrogens with zero attached hydrogens (tertiary/aromatic N) is 2. The Kier molecular flexibility index (Phi) is 3.03. The maximum atomic E-state index is 12.2. The number of fused-ring (bicyclic) bond motifs is 2. The number of amides is 2. The molecule has 22 heavy (non-hydrogen) atoms. The lowest BCUT2D eigenvalue weighted by atomic mass is 9.85. The Morgan fingerprint density at radius 1 is 1.18 bits per heavy atom. The Morgan fingerprint density at radius 3 is 2.86 bits per heavy atom. The van der Waals surface area contributed by atoms with Crippen LogP contribution >= 0.6 is 0 Å². The van der Waals surface area contributed by atoms with Gasteiger partial charge in [-0.05, 0) is 42.5 Å². The molecule has 2 atom stereocenters. The van der Waals surface area contributed by atoms with Gasteiger partial charge in [0.1, 0.15) is 0 Å². The van der Waals surface area contributed by atoms with Crippen molar-refractivity contribution in [2.75, 3.05) is 12.4 Å². The Balaban J connectivity index is 1.73. The van der Waals surface area contributed by atoms with Gasteiger partial charge in [-0.25, -0.2) is 5.01 Å². The zero-order valence-electron chi connectivity index (χ0n) is 12.6. The van der Waals surface area contributed by atoms with Gasteiger partial charge >= 0.3 is 0 Å². The van der Waals surface area contributed by atoms with E-state index in [0.717, 1.165) is 48.2 Å². The lowest BCUT2D eigenvalue weighted by Gasteiger charge is -2.30. The van der Waals surface area contributed by atoms with Crippen LogP contribution in [0.1, 0.15) is 36.8 Å². The normalized spacial score (nSPS) is 27.1. The number of hydrogen-bond donors (Lipinski definition) is 1. The van der Waals surface area contributed by atoms with Gasteiger partial charge in [0.2, 0.25) is 11.8 Å². The Hall–Kier alpha value is -2.17. The Bertz CT molecular complexity index is 695. The summed E-state index contributed by atoms with van der Waals surface area (Å²) < 4.78 is 0. The van der Waals surface area contributed by atoms with Gasteiger partial charge in [-0.15, -0.1) is 0 Å². The van der Waals surface area contributed by atoms with Crippen molar-refractivity contribution in [3.05, 3.63) is 29.3 Å². The smallest absolute Gasteiger partial charge is 0.246 e. The van der Waals surface area contributed by atoms with Crippen molar-refractivity contribution in [2.24, 2.45) is 16.9 Å². The molecule has 1 saturated carbocycles. The van der Waals surface area contributed by atoms with Gasteiger partial charge in [-0.2, -0.15) is 5.10 Å². The first-order valence-corrected chi connectivity index (χ1v) is 7.92. The highest BCUT2D eigenvalue weighted by Gasteiger charge is 2.41. The highest BCUT2D eigenvalue weighted by Crippen LogP contribution is 2.39. The molecule has 1 N–H and O–H groups in total. The van der Waals surface area contributed by atoms with Crippen molar-refractivity contribution in [1.29, 1.82) is 0 Å². The summed E-state index contributed by atoms with van der Waals surface area (Å²) in [7, 11) is 1.75. The molecule has 1 aromatic rings. The maximum Gasteiger partial charge on any atom is 0.246 e. The van der Waals surface area contributed by atoms with E-state index in [-0.39, 0.29) is 23.7 Å². The third-order valence-electron chi connectivity index (χ3n) is 5.06. The molecule has 0 aromatic heterocycles. The topological polar surface area (TPSA) is 61.8 Å². The van der Waals surface area contributed by atoms with Crippen molar-refractivity contribution in [3.8, 4) is 0 Å². The van der Waals surface area contributed by atoms with Gasteiger partial charge in [0.25, 0.3) is 0 Å². The molecule has 5 heteroatoms. The number of anilines is 1. The summed E-state index contributed by atoms with van der Waals surface area (Å²) in [6.07, 6.45) is 4.40. The first-order valence-electron chi connectivity index (χ1n) is 7.92. The van der Waals surface area contributed by atoms with Crippen molar-refractivity contribution in [1.82, 2.24) is 5.01 Å². The average Bonchev–Trinajstić information content (AvgIpc) is 3.00. The van der Waals surface area contributed by atoms with E-state index in [1.165, 1.54) is 5.01 Å². The quantitative estimate of drug-likeness (QED) is 0.863. The van der Waals surface area contributed by atoms with E-state index in [1.54, 1.807) is 7.05 Å². The zero-order valence-corrected chi connectivity index (χ0v) is 12.6. The van der Waals surface area contributed by atoms with Crippen LogP contribution < -0.4 is 5.32 Å². The van der Waals surface area contributed by atoms with Crippen LogP contribution in [0, 0.1) is 11.8 Å². The molecule has 0 spiro atoms. The standard InChI is InChI=1S/C17H19N3O2/c1-20-17(22)13-4-2-3-12(13)16(19-20)11-5-7-14-10(9-11)6-8-15(21)18-14/h5,7,9,12-13H,2-4,6,8H2,1H3,(H,18,21). The molecular formula is C17H19N3O2. The van der Waals surface area contributed by atoms with Crippen LogP contribution in [0.4, 0.5) is 5.69 Å². The summed E-state index contributed by atoms with van der Waals surface area (Å²) in [4.78, 5) is 23.7. The number of rotatable bonds is 1. The predicted octanol–water partition coefficient (Wildman–Crippen LogP) is 2.16. The number of hydrazone groups is 1. The molecule has 114 valence electrons. The molecule has 0 saturated heterocycles. The van der Waals surface area contributed by atoms with E-state index < -0.39 is 0 Å². The largest absolute Gasteiger partial charge is 0.326 e. The number of carbonyl (C=O) groups is 2. The van der Waals surface area contributed by atoms with Crippen molar-refractivity contribution >= 4 is 23.2 Å². The number of aryl methyl sites for hydroxylation is 1. The van der Waals surface area contributed by atoms with E-state index in [9.17, 15) is 9.59 Å². The van der Waals surface area contributed by atoms with E-state index in [1.807, 2.05) is 12.1 Å². The fraction of sp³-hybridized carbons (Fsp3) is 0.471. The van der Waals surface area contributed by atoms with Gasteiger partial charge in [0, 0.05) is 31.0 Å². The highest BCUT2D eigenvalue weighted by atomic mass is 16.2. The Labute approximate surface area is 129 Å². The second-order valence-electron chi connectivity index (χ2n) is 6.41. The van der Waals surface area contributed by atoms with E-state index in [2.05, 4.69) is 16.5 Å². The number of benzene rings is 1. The molecular weight excluding hydrogens is 278 g/mol. The Morgan fingerprint density at radius 2 is 2.00 bits per heavy atom. The summed E-state index contributed by atoms with van der Waals surface area (Å²) in [5.74, 6) is 0.570. The van der Waals surface area contributed by atoms with Crippen LogP contribution in [0.15, 0.2) is 23.3 Å². The molecule has 1 aromatic carbocycles. The van der Waals surface area contributed by atoms with E-state index in [0.29, 0.717) is 6.42 Å². The molecule has 1 fully saturated rings. The van der Waals surface area contributed by atoms with Crippen molar-refractivity contribution in [3.63, 3.8) is 0 Å². The summed E-state index contributed by atoms with van der Waals surface area (Å²) in [6, 6.07) is 6.11. The molecule has 2 amide bonds. The third-order valence-corrected chi connectivity index (χ3v) is 5.06. The van der Waals surface area contributed by atoms with Crippen LogP contribution in [0.25, 0.3) is 0 Å². The summed E-state index contributed by atoms with van der Waals surface area (Å²) >= 11 is 0. The highest BCUT2D eigenvalue weighted by molar-refractivity contribution is 6.07. The van der Waals surface area contributed by atoms with Gasteiger partial charge in [-0.3, -0.25) is 9.59 Å². The van der Waals surface area contributed by atoms with Gasteiger partial charge < -0.3 is 5.32 Å². The van der Waals surface area contributed by atoms with Gasteiger partial charge in [-0.1, -0.05) is 12.5 Å². The third kappa shape index (κ3) is 2.03. The van der Waals surface area contributed by atoms with Crippen LogP contribution in [-0.4, -0.2) is 29.6 Å². The van der Waals surface area contributed by atoms with Gasteiger partial charge in [0.05, 0.1) is 5.71 Å². The van der Waals surface area contributed by atoms with Gasteiger partial charge in [0.15, 0.2) is 0 Å². The molecule has 4 rings (SSSR count). The molecule has 5 nitrogen and oxygen atoms in total. The first-order chi connectivity index (χ1) is 10.6. The minimum atomic E-state index is 0.0800. The first kappa shape index (κ1) is 13.5. The molecule has 3 aliphatic rings. The second kappa shape index (κ2) is 4.93. The zero-order chi connectivity index (χ0) is 15.3. The maximum absolute atomic E-state index is 12.2. The van der Waals surface area contributed by atoms with Crippen molar-refractivity contribution < 1.29 is 9.59 Å². The van der Waals surface area contributed by atoms with E-state index >= 15 is 0 Å². The van der Waals surface area contributed by atoms with Crippen LogP contribution in [0.5, 0.6) is 0 Å². The number of carbonyl (C=O) groups excluding carboxylic acids is 2. The fourth-order valence-corrected chi connectivity index (χ4v) is 3.92. The monoisotopic (exact) mass is 297 g/mol. The SMILES string of the molecule is CN1N=C(c2ccc3c(c2)CCC(=O)N3)C2CCCC2C1=O. The molecule has 0 radical (unpaired) electrons. The molecule has 2 unspecified atom stereocenters. The number of nitrogens with one attached hydrogen (secondary N) is 1. The summed E-state index contributed by atoms with van der Waals surface area (Å²) in [6.45, 7) is 0. The number of hydrogen-bond acceptors (Lipinski definition) is 3. The lowest BCUT2D eigenvalue weighted by molar-refractivity contribution is -0.135. The summed E-state index contributed by atoms with van der Waals surface area (Å²) in [5.41, 5.74) is 4.19. The second-order valence-corrected chi connectivity index (χ2v) is 6.41. The fourth-order valence-electron chi connectivity index (χ4n) is 3.92. The van der Waals surface area contributed by atoms with Crippen LogP contribution in [0.3, 0.4) is 0 Å². The minimum absolute atomic E-state index is 0.0800.